The number of amides is 1. The van der Waals surface area contributed by atoms with Crippen LogP contribution in [0.3, 0.4) is 0 Å². The Kier molecular flexibility index (Phi) is 5.06. The standard InChI is InChI=1S/C20H20N4O3S/c1-22-8-10-23(11-9-22)16-7-6-14(12-17(16)24(26)27)13-19-20(25)21-15-4-2-3-5-18(15)28-19/h2-7,12-13H,8-11H2,1H3,(H,21,25)/b19-13+. The van der Waals surface area contributed by atoms with E-state index in [1.54, 1.807) is 18.2 Å². The molecule has 1 saturated heterocycles. The van der Waals surface area contributed by atoms with Gasteiger partial charge in [-0.2, -0.15) is 0 Å². The number of thioether (sulfide) groups is 1. The van der Waals surface area contributed by atoms with Gasteiger partial charge in [-0.1, -0.05) is 30.0 Å². The molecule has 0 aliphatic carbocycles. The zero-order valence-corrected chi connectivity index (χ0v) is 16.2. The number of nitrogens with zero attached hydrogens (tertiary/aromatic N) is 3. The van der Waals surface area contributed by atoms with Crippen LogP contribution in [-0.2, 0) is 4.79 Å². The maximum Gasteiger partial charge on any atom is 0.293 e. The van der Waals surface area contributed by atoms with Gasteiger partial charge >= 0.3 is 0 Å². The molecule has 1 N–H and O–H groups in total. The quantitative estimate of drug-likeness (QED) is 0.486. The number of carbonyl (C=O) groups is 1. The number of fused-ring (bicyclic) bond motifs is 1. The van der Waals surface area contributed by atoms with E-state index in [1.807, 2.05) is 42.3 Å². The van der Waals surface area contributed by atoms with Crippen molar-refractivity contribution in [3.63, 3.8) is 0 Å². The Labute approximate surface area is 167 Å². The number of nitrogens with one attached hydrogen (secondary N) is 1. The summed E-state index contributed by atoms with van der Waals surface area (Å²) in [5.74, 6) is -0.200. The monoisotopic (exact) mass is 396 g/mol. The predicted octanol–water partition coefficient (Wildman–Crippen LogP) is 3.43. The van der Waals surface area contributed by atoms with Gasteiger partial charge in [-0.3, -0.25) is 14.9 Å². The Bertz CT molecular complexity index is 968. The first-order valence-electron chi connectivity index (χ1n) is 9.03. The predicted molar refractivity (Wildman–Crippen MR) is 112 cm³/mol. The molecule has 0 atom stereocenters. The lowest BCUT2D eigenvalue weighted by atomic mass is 10.1. The SMILES string of the molecule is CN1CCN(c2ccc(/C=C3/Sc4ccccc4NC3=O)cc2[N+](=O)[O-])CC1. The van der Waals surface area contributed by atoms with Crippen LogP contribution in [0.2, 0.25) is 0 Å². The van der Waals surface area contributed by atoms with Crippen molar-refractivity contribution in [3.8, 4) is 0 Å². The summed E-state index contributed by atoms with van der Waals surface area (Å²) in [7, 11) is 2.05. The van der Waals surface area contributed by atoms with Crippen LogP contribution in [0.15, 0.2) is 52.3 Å². The lowest BCUT2D eigenvalue weighted by Crippen LogP contribution is -2.44. The average Bonchev–Trinajstić information content (AvgIpc) is 2.69. The van der Waals surface area contributed by atoms with Crippen molar-refractivity contribution in [2.24, 2.45) is 0 Å². The van der Waals surface area contributed by atoms with E-state index in [4.69, 9.17) is 0 Å². The number of carbonyl (C=O) groups excluding carboxylic acids is 1. The van der Waals surface area contributed by atoms with Crippen LogP contribution in [0.1, 0.15) is 5.56 Å². The molecule has 7 nitrogen and oxygen atoms in total. The first-order chi connectivity index (χ1) is 13.5. The largest absolute Gasteiger partial charge is 0.363 e. The highest BCUT2D eigenvalue weighted by Gasteiger charge is 2.24. The lowest BCUT2D eigenvalue weighted by Gasteiger charge is -2.33. The van der Waals surface area contributed by atoms with Crippen LogP contribution in [-0.4, -0.2) is 49.0 Å². The molecule has 1 fully saturated rings. The van der Waals surface area contributed by atoms with Gasteiger partial charge in [-0.15, -0.1) is 0 Å². The minimum atomic E-state index is -0.348. The molecule has 28 heavy (non-hydrogen) atoms. The number of likely N-dealkylation sites (N-methyl/N-ethyl adjacent to an activating group) is 1. The number of rotatable bonds is 3. The third-order valence-corrected chi connectivity index (χ3v) is 6.02. The number of anilines is 2. The molecule has 2 heterocycles. The Hall–Kier alpha value is -2.84. The molecule has 0 saturated carbocycles. The molecule has 0 spiro atoms. The summed E-state index contributed by atoms with van der Waals surface area (Å²) in [5.41, 5.74) is 2.12. The molecule has 0 bridgehead atoms. The van der Waals surface area contributed by atoms with Crippen LogP contribution >= 0.6 is 11.8 Å². The van der Waals surface area contributed by atoms with E-state index < -0.39 is 0 Å². The van der Waals surface area contributed by atoms with Gasteiger partial charge in [-0.05, 0) is 36.9 Å². The van der Waals surface area contributed by atoms with Crippen LogP contribution in [0.5, 0.6) is 0 Å². The molecule has 2 aliphatic heterocycles. The van der Waals surface area contributed by atoms with Gasteiger partial charge in [0.1, 0.15) is 5.69 Å². The minimum Gasteiger partial charge on any atom is -0.363 e. The van der Waals surface area contributed by atoms with Crippen LogP contribution < -0.4 is 10.2 Å². The van der Waals surface area contributed by atoms with Gasteiger partial charge in [-0.25, -0.2) is 0 Å². The fraction of sp³-hybridized carbons (Fsp3) is 0.250. The second-order valence-corrected chi connectivity index (χ2v) is 7.94. The zero-order valence-electron chi connectivity index (χ0n) is 15.4. The fourth-order valence-corrected chi connectivity index (χ4v) is 4.30. The summed E-state index contributed by atoms with van der Waals surface area (Å²) in [6.07, 6.45) is 1.71. The third kappa shape index (κ3) is 3.74. The van der Waals surface area contributed by atoms with Crippen LogP contribution in [0.25, 0.3) is 6.08 Å². The van der Waals surface area contributed by atoms with E-state index >= 15 is 0 Å². The van der Waals surface area contributed by atoms with Gasteiger partial charge in [0.15, 0.2) is 0 Å². The number of nitro groups is 1. The first-order valence-corrected chi connectivity index (χ1v) is 9.85. The van der Waals surface area contributed by atoms with Crippen molar-refractivity contribution in [3.05, 3.63) is 63.0 Å². The van der Waals surface area contributed by atoms with Crippen LogP contribution in [0.4, 0.5) is 17.1 Å². The van der Waals surface area contributed by atoms with E-state index in [-0.39, 0.29) is 16.5 Å². The summed E-state index contributed by atoms with van der Waals surface area (Å²) >= 11 is 1.37. The summed E-state index contributed by atoms with van der Waals surface area (Å²) in [4.78, 5) is 29.4. The van der Waals surface area contributed by atoms with Gasteiger partial charge in [0.25, 0.3) is 11.6 Å². The minimum absolute atomic E-state index is 0.0699. The van der Waals surface area contributed by atoms with E-state index in [1.165, 1.54) is 11.8 Å². The highest BCUT2D eigenvalue weighted by molar-refractivity contribution is 8.04. The lowest BCUT2D eigenvalue weighted by molar-refractivity contribution is -0.384. The maximum absolute atomic E-state index is 12.4. The molecule has 0 unspecified atom stereocenters. The van der Waals surface area contributed by atoms with Crippen molar-refractivity contribution >= 4 is 40.8 Å². The molecular formula is C20H20N4O3S. The summed E-state index contributed by atoms with van der Waals surface area (Å²) < 4.78 is 0. The smallest absolute Gasteiger partial charge is 0.293 e. The number of nitro benzene ring substituents is 1. The van der Waals surface area contributed by atoms with Crippen molar-refractivity contribution in [1.29, 1.82) is 0 Å². The molecule has 0 aromatic heterocycles. The molecule has 1 amide bonds. The normalized spacial score (nSPS) is 18.7. The highest BCUT2D eigenvalue weighted by Crippen LogP contribution is 2.39. The van der Waals surface area contributed by atoms with Crippen molar-refractivity contribution in [2.45, 2.75) is 4.90 Å². The number of benzene rings is 2. The molecular weight excluding hydrogens is 376 g/mol. The first kappa shape index (κ1) is 18.5. The molecule has 8 heteroatoms. The van der Waals surface area contributed by atoms with E-state index in [0.29, 0.717) is 16.2 Å². The molecule has 2 aliphatic rings. The van der Waals surface area contributed by atoms with Gasteiger partial charge in [0.05, 0.1) is 15.5 Å². The van der Waals surface area contributed by atoms with Crippen LogP contribution in [0, 0.1) is 10.1 Å². The van der Waals surface area contributed by atoms with E-state index in [9.17, 15) is 14.9 Å². The Morgan fingerprint density at radius 3 is 2.64 bits per heavy atom. The Morgan fingerprint density at radius 1 is 1.14 bits per heavy atom. The molecule has 144 valence electrons. The number of hydrogen-bond donors (Lipinski definition) is 1. The van der Waals surface area contributed by atoms with Crippen molar-refractivity contribution in [1.82, 2.24) is 4.90 Å². The highest BCUT2D eigenvalue weighted by atomic mass is 32.2. The molecule has 2 aromatic rings. The van der Waals surface area contributed by atoms with Gasteiger partial charge < -0.3 is 15.1 Å². The van der Waals surface area contributed by atoms with Crippen molar-refractivity contribution in [2.75, 3.05) is 43.4 Å². The average molecular weight is 396 g/mol. The second kappa shape index (κ2) is 7.65. The third-order valence-electron chi connectivity index (χ3n) is 4.92. The Balaban J connectivity index is 1.64. The number of hydrogen-bond acceptors (Lipinski definition) is 6. The Morgan fingerprint density at radius 2 is 1.89 bits per heavy atom. The summed E-state index contributed by atoms with van der Waals surface area (Å²) in [6, 6.07) is 12.7. The fourth-order valence-electron chi connectivity index (χ4n) is 3.35. The van der Waals surface area contributed by atoms with Gasteiger partial charge in [0.2, 0.25) is 0 Å². The molecule has 4 rings (SSSR count). The zero-order chi connectivity index (χ0) is 19.7. The van der Waals surface area contributed by atoms with E-state index in [2.05, 4.69) is 10.2 Å². The molecule has 0 radical (unpaired) electrons. The second-order valence-electron chi connectivity index (χ2n) is 6.86. The summed E-state index contributed by atoms with van der Waals surface area (Å²) in [6.45, 7) is 3.26. The molecule has 2 aromatic carbocycles. The topological polar surface area (TPSA) is 78.7 Å². The van der Waals surface area contributed by atoms with Crippen molar-refractivity contribution < 1.29 is 9.72 Å². The van der Waals surface area contributed by atoms with E-state index in [0.717, 1.165) is 36.8 Å². The van der Waals surface area contributed by atoms with Gasteiger partial charge in [0, 0.05) is 37.1 Å². The number of piperazine rings is 1. The summed E-state index contributed by atoms with van der Waals surface area (Å²) in [5, 5.41) is 14.5. The number of para-hydroxylation sites is 1. The maximum atomic E-state index is 12.4.